The fraction of sp³-hybridized carbons (Fsp3) is 0.211. The van der Waals surface area contributed by atoms with Crippen LogP contribution in [0, 0.1) is 0 Å². The number of hydrogen-bond donors (Lipinski definition) is 1. The number of rotatable bonds is 4. The number of hydrogen-bond acceptors (Lipinski definition) is 5. The first-order valence-corrected chi connectivity index (χ1v) is 7.89. The number of nitrogens with zero attached hydrogens (tertiary/aromatic N) is 2. The highest BCUT2D eigenvalue weighted by Crippen LogP contribution is 2.31. The molecule has 0 saturated heterocycles. The Morgan fingerprint density at radius 1 is 1.17 bits per heavy atom. The van der Waals surface area contributed by atoms with Crippen LogP contribution in [0.1, 0.15) is 31.1 Å². The van der Waals surface area contributed by atoms with E-state index < -0.39 is 6.04 Å². The van der Waals surface area contributed by atoms with Gasteiger partial charge in [0.05, 0.1) is 17.9 Å². The number of aromatic nitrogens is 1. The van der Waals surface area contributed by atoms with Crippen LogP contribution in [-0.2, 0) is 9.53 Å². The van der Waals surface area contributed by atoms with Crippen molar-refractivity contribution in [2.45, 2.75) is 19.9 Å². The van der Waals surface area contributed by atoms with Crippen LogP contribution >= 0.6 is 0 Å². The maximum atomic E-state index is 12.4. The number of nitrogens with one attached hydrogen (secondary N) is 1. The van der Waals surface area contributed by atoms with Crippen LogP contribution in [0.5, 0.6) is 0 Å². The van der Waals surface area contributed by atoms with Gasteiger partial charge >= 0.3 is 5.97 Å². The Hall–Kier alpha value is -2.95. The van der Waals surface area contributed by atoms with E-state index in [9.17, 15) is 4.79 Å². The maximum absolute atomic E-state index is 12.4. The van der Waals surface area contributed by atoms with Gasteiger partial charge < -0.3 is 10.1 Å². The Labute approximate surface area is 141 Å². The summed E-state index contributed by atoms with van der Waals surface area (Å²) in [6.07, 6.45) is 1.70. The molecule has 5 heteroatoms. The molecule has 1 unspecified atom stereocenters. The lowest BCUT2D eigenvalue weighted by atomic mass is 9.99. The summed E-state index contributed by atoms with van der Waals surface area (Å²) in [4.78, 5) is 21.5. The zero-order valence-electron chi connectivity index (χ0n) is 13.7. The molecule has 1 aliphatic rings. The van der Waals surface area contributed by atoms with Crippen molar-refractivity contribution < 1.29 is 9.53 Å². The number of carbonyl (C=O) groups excluding carboxylic acids is 1. The standard InChI is InChI=1S/C19H19N3O2/c1-3-24-19(23)16-13(2)21-18(14-9-5-4-6-10-14)22-17(16)15-11-7-8-12-20-15/h4-12,17H,3H2,1-2H3,(H,21,22). The summed E-state index contributed by atoms with van der Waals surface area (Å²) in [6, 6.07) is 14.9. The van der Waals surface area contributed by atoms with Crippen molar-refractivity contribution in [3.8, 4) is 0 Å². The van der Waals surface area contributed by atoms with Gasteiger partial charge in [0, 0.05) is 17.5 Å². The molecule has 122 valence electrons. The molecule has 1 aromatic carbocycles. The molecule has 0 bridgehead atoms. The Morgan fingerprint density at radius 3 is 2.58 bits per heavy atom. The zero-order valence-corrected chi connectivity index (χ0v) is 13.7. The lowest BCUT2D eigenvalue weighted by Crippen LogP contribution is -2.33. The molecule has 2 aromatic rings. The second-order valence-corrected chi connectivity index (χ2v) is 5.39. The number of esters is 1. The summed E-state index contributed by atoms with van der Waals surface area (Å²) in [5.74, 6) is 0.353. The third kappa shape index (κ3) is 3.20. The molecule has 0 radical (unpaired) electrons. The van der Waals surface area contributed by atoms with Crippen molar-refractivity contribution >= 4 is 11.8 Å². The van der Waals surface area contributed by atoms with Crippen LogP contribution in [-0.4, -0.2) is 23.4 Å². The minimum Gasteiger partial charge on any atom is -0.463 e. The van der Waals surface area contributed by atoms with Crippen molar-refractivity contribution in [2.24, 2.45) is 4.99 Å². The van der Waals surface area contributed by atoms with Crippen molar-refractivity contribution in [2.75, 3.05) is 6.61 Å². The fourth-order valence-electron chi connectivity index (χ4n) is 2.64. The quantitative estimate of drug-likeness (QED) is 0.879. The summed E-state index contributed by atoms with van der Waals surface area (Å²) < 4.78 is 5.21. The van der Waals surface area contributed by atoms with Crippen LogP contribution in [0.15, 0.2) is 71.0 Å². The Kier molecular flexibility index (Phi) is 4.70. The van der Waals surface area contributed by atoms with E-state index in [1.807, 2.05) is 55.5 Å². The molecule has 1 aliphatic heterocycles. The van der Waals surface area contributed by atoms with E-state index in [0.717, 1.165) is 22.8 Å². The number of aliphatic imine (C=N–C) groups is 1. The molecule has 1 aromatic heterocycles. The van der Waals surface area contributed by atoms with E-state index in [2.05, 4.69) is 10.3 Å². The van der Waals surface area contributed by atoms with Gasteiger partial charge in [-0.1, -0.05) is 36.4 Å². The topological polar surface area (TPSA) is 63.6 Å². The lowest BCUT2D eigenvalue weighted by molar-refractivity contribution is -0.138. The highest BCUT2D eigenvalue weighted by atomic mass is 16.5. The van der Waals surface area contributed by atoms with Crippen LogP contribution in [0.25, 0.3) is 0 Å². The first-order valence-electron chi connectivity index (χ1n) is 7.89. The van der Waals surface area contributed by atoms with E-state index in [1.165, 1.54) is 0 Å². The van der Waals surface area contributed by atoms with Crippen LogP contribution in [0.2, 0.25) is 0 Å². The number of benzene rings is 1. The van der Waals surface area contributed by atoms with E-state index in [4.69, 9.17) is 9.73 Å². The fourth-order valence-corrected chi connectivity index (χ4v) is 2.64. The molecule has 3 rings (SSSR count). The molecule has 0 saturated carbocycles. The molecular formula is C19H19N3O2. The second kappa shape index (κ2) is 7.08. The van der Waals surface area contributed by atoms with Gasteiger partial charge in [-0.05, 0) is 26.0 Å². The largest absolute Gasteiger partial charge is 0.463 e. The normalized spacial score (nSPS) is 17.1. The molecule has 5 nitrogen and oxygen atoms in total. The number of ether oxygens (including phenoxy) is 1. The molecule has 1 atom stereocenters. The van der Waals surface area contributed by atoms with E-state index >= 15 is 0 Å². The van der Waals surface area contributed by atoms with Gasteiger partial charge in [-0.2, -0.15) is 0 Å². The molecule has 0 fully saturated rings. The Morgan fingerprint density at radius 2 is 1.92 bits per heavy atom. The van der Waals surface area contributed by atoms with E-state index in [1.54, 1.807) is 13.1 Å². The molecule has 24 heavy (non-hydrogen) atoms. The second-order valence-electron chi connectivity index (χ2n) is 5.39. The van der Waals surface area contributed by atoms with Crippen molar-refractivity contribution in [1.29, 1.82) is 0 Å². The Balaban J connectivity index is 2.06. The average Bonchev–Trinajstić information content (AvgIpc) is 2.62. The third-order valence-electron chi connectivity index (χ3n) is 3.75. The molecule has 1 N–H and O–H groups in total. The summed E-state index contributed by atoms with van der Waals surface area (Å²) in [6.45, 7) is 3.97. The predicted molar refractivity (Wildman–Crippen MR) is 92.4 cm³/mol. The Bertz CT molecular complexity index is 783. The molecular weight excluding hydrogens is 302 g/mol. The van der Waals surface area contributed by atoms with Crippen LogP contribution in [0.4, 0.5) is 0 Å². The van der Waals surface area contributed by atoms with Gasteiger partial charge in [-0.3, -0.25) is 9.98 Å². The van der Waals surface area contributed by atoms with Gasteiger partial charge in [-0.15, -0.1) is 0 Å². The zero-order chi connectivity index (χ0) is 16.9. The summed E-state index contributed by atoms with van der Waals surface area (Å²) >= 11 is 0. The summed E-state index contributed by atoms with van der Waals surface area (Å²) in [5, 5.41) is 3.22. The monoisotopic (exact) mass is 321 g/mol. The summed E-state index contributed by atoms with van der Waals surface area (Å²) in [7, 11) is 0. The highest BCUT2D eigenvalue weighted by Gasteiger charge is 2.31. The van der Waals surface area contributed by atoms with Crippen LogP contribution < -0.4 is 5.32 Å². The molecule has 0 amide bonds. The first-order chi connectivity index (χ1) is 11.7. The van der Waals surface area contributed by atoms with Gasteiger partial charge in [-0.25, -0.2) is 4.79 Å². The predicted octanol–water partition coefficient (Wildman–Crippen LogP) is 3.01. The molecule has 0 spiro atoms. The van der Waals surface area contributed by atoms with Gasteiger partial charge in [0.15, 0.2) is 0 Å². The smallest absolute Gasteiger partial charge is 0.338 e. The van der Waals surface area contributed by atoms with Crippen LogP contribution in [0.3, 0.4) is 0 Å². The van der Waals surface area contributed by atoms with Gasteiger partial charge in [0.2, 0.25) is 0 Å². The number of pyridine rings is 1. The number of allylic oxidation sites excluding steroid dienone is 1. The highest BCUT2D eigenvalue weighted by molar-refractivity contribution is 6.03. The SMILES string of the molecule is CCOC(=O)C1=C(C)NC(c2ccccc2)=NC1c1ccccn1. The van der Waals surface area contributed by atoms with Gasteiger partial charge in [0.1, 0.15) is 11.9 Å². The minimum atomic E-state index is -0.485. The average molecular weight is 321 g/mol. The van der Waals surface area contributed by atoms with E-state index in [-0.39, 0.29) is 5.97 Å². The van der Waals surface area contributed by atoms with Gasteiger partial charge in [0.25, 0.3) is 0 Å². The first kappa shape index (κ1) is 15.9. The third-order valence-corrected chi connectivity index (χ3v) is 3.75. The van der Waals surface area contributed by atoms with Crippen molar-refractivity contribution in [3.63, 3.8) is 0 Å². The maximum Gasteiger partial charge on any atom is 0.338 e. The lowest BCUT2D eigenvalue weighted by Gasteiger charge is -2.25. The summed E-state index contributed by atoms with van der Waals surface area (Å²) in [5.41, 5.74) is 2.91. The minimum absolute atomic E-state index is 0.319. The number of amidine groups is 1. The molecule has 0 aliphatic carbocycles. The molecule has 2 heterocycles. The number of carbonyl (C=O) groups is 1. The van der Waals surface area contributed by atoms with Crippen molar-refractivity contribution in [3.05, 3.63) is 77.3 Å². The van der Waals surface area contributed by atoms with Crippen molar-refractivity contribution in [1.82, 2.24) is 10.3 Å². The van der Waals surface area contributed by atoms with E-state index in [0.29, 0.717) is 12.2 Å².